The molecule has 0 heterocycles. The van der Waals surface area contributed by atoms with E-state index in [1.807, 2.05) is 36.4 Å². The first-order chi connectivity index (χ1) is 16.4. The molecule has 0 saturated carbocycles. The Hall–Kier alpha value is -4.04. The second-order valence-corrected chi connectivity index (χ2v) is 7.36. The van der Waals surface area contributed by atoms with Crippen LogP contribution in [0.3, 0.4) is 0 Å². The highest BCUT2D eigenvalue weighted by Crippen LogP contribution is 2.23. The van der Waals surface area contributed by atoms with Crippen LogP contribution in [-0.2, 0) is 20.9 Å². The molecule has 3 N–H and O–H groups in total. The van der Waals surface area contributed by atoms with Crippen molar-refractivity contribution in [3.63, 3.8) is 0 Å². The van der Waals surface area contributed by atoms with Crippen molar-refractivity contribution in [3.8, 4) is 5.75 Å². The minimum absolute atomic E-state index is 0. The molecule has 3 rings (SSSR count). The molecule has 0 aliphatic heterocycles. The second kappa shape index (κ2) is 13.6. The Kier molecular flexibility index (Phi) is 10.6. The highest BCUT2D eigenvalue weighted by Gasteiger charge is 2.22. The Labute approximate surface area is 209 Å². The van der Waals surface area contributed by atoms with Crippen LogP contribution in [0.25, 0.3) is 0 Å². The van der Waals surface area contributed by atoms with Crippen molar-refractivity contribution in [2.24, 2.45) is 0 Å². The first kappa shape index (κ1) is 27.2. The average Bonchev–Trinajstić information content (AvgIpc) is 2.83. The number of carbonyl (C=O) groups excluding carboxylic acids is 3. The number of nitrogens with one attached hydrogen (secondary N) is 1. The topological polar surface area (TPSA) is 117 Å². The zero-order valence-corrected chi connectivity index (χ0v) is 20.0. The zero-order valence-electron chi connectivity index (χ0n) is 19.1. The van der Waals surface area contributed by atoms with Crippen LogP contribution in [-0.4, -0.2) is 24.6 Å². The summed E-state index contributed by atoms with van der Waals surface area (Å²) in [6.45, 7) is 1.99. The Balaban J connectivity index is 0.00000432. The summed E-state index contributed by atoms with van der Waals surface area (Å²) in [5.41, 5.74) is 8.25. The van der Waals surface area contributed by atoms with Gasteiger partial charge < -0.3 is 25.3 Å². The third-order valence-electron chi connectivity index (χ3n) is 4.78. The van der Waals surface area contributed by atoms with Crippen LogP contribution in [0, 0.1) is 0 Å². The molecule has 0 bridgehead atoms. The molecule has 184 valence electrons. The molecule has 0 spiro atoms. The molecule has 0 radical (unpaired) electrons. The lowest BCUT2D eigenvalue weighted by Gasteiger charge is -2.19. The molecular formula is C26H27ClN2O6. The van der Waals surface area contributed by atoms with Crippen LogP contribution in [0.1, 0.15) is 40.9 Å². The van der Waals surface area contributed by atoms with Gasteiger partial charge in [-0.15, -0.1) is 12.4 Å². The van der Waals surface area contributed by atoms with Gasteiger partial charge in [0.05, 0.1) is 19.1 Å². The van der Waals surface area contributed by atoms with E-state index in [9.17, 15) is 14.4 Å². The summed E-state index contributed by atoms with van der Waals surface area (Å²) < 4.78 is 15.1. The molecule has 3 aromatic carbocycles. The minimum atomic E-state index is -1.08. The van der Waals surface area contributed by atoms with Crippen molar-refractivity contribution in [3.05, 3.63) is 95.6 Å². The smallest absolute Gasteiger partial charge is 0.489 e. The van der Waals surface area contributed by atoms with Gasteiger partial charge in [-0.2, -0.15) is 0 Å². The second-order valence-electron chi connectivity index (χ2n) is 7.36. The summed E-state index contributed by atoms with van der Waals surface area (Å²) in [4.78, 5) is 36.8. The maximum Gasteiger partial charge on any atom is 0.516 e. The third kappa shape index (κ3) is 8.68. The molecule has 0 saturated heterocycles. The van der Waals surface area contributed by atoms with E-state index in [2.05, 4.69) is 14.8 Å². The molecule has 3 aromatic rings. The number of hydrogen-bond donors (Lipinski definition) is 2. The maximum atomic E-state index is 13.0. The van der Waals surface area contributed by atoms with Crippen LogP contribution in [0.5, 0.6) is 5.75 Å². The molecule has 0 aliphatic rings. The summed E-state index contributed by atoms with van der Waals surface area (Å²) in [6.07, 6.45) is -1.35. The molecule has 0 aliphatic carbocycles. The van der Waals surface area contributed by atoms with E-state index in [1.54, 1.807) is 43.3 Å². The molecule has 9 heteroatoms. The number of amides is 1. The van der Waals surface area contributed by atoms with Gasteiger partial charge in [0.2, 0.25) is 0 Å². The minimum Gasteiger partial charge on any atom is -0.489 e. The predicted molar refractivity (Wildman–Crippen MR) is 133 cm³/mol. The number of nitrogen functional groups attached to an aromatic ring is 1. The van der Waals surface area contributed by atoms with Crippen LogP contribution in [0.2, 0.25) is 0 Å². The van der Waals surface area contributed by atoms with Gasteiger partial charge in [-0.25, -0.2) is 4.79 Å². The molecule has 8 nitrogen and oxygen atoms in total. The van der Waals surface area contributed by atoms with Crippen LogP contribution < -0.4 is 15.8 Å². The van der Waals surface area contributed by atoms with Crippen LogP contribution >= 0.6 is 12.4 Å². The van der Waals surface area contributed by atoms with Gasteiger partial charge >= 0.3 is 12.1 Å². The van der Waals surface area contributed by atoms with E-state index in [0.29, 0.717) is 23.6 Å². The standard InChI is InChI=1S/C26H26N2O6.ClH/c1-2-32-26(31)34-24(29)16-23(19-11-7-4-8-12-19)28-25(30)20-13-21(27)15-22(14-20)33-17-18-9-5-3-6-10-18;/h3-15,23H,2,16-17,27H2,1H3,(H,28,30);1H. The zero-order chi connectivity index (χ0) is 24.3. The van der Waals surface area contributed by atoms with Gasteiger partial charge in [-0.1, -0.05) is 60.7 Å². The van der Waals surface area contributed by atoms with E-state index in [4.69, 9.17) is 10.5 Å². The lowest BCUT2D eigenvalue weighted by molar-refractivity contribution is -0.140. The van der Waals surface area contributed by atoms with Gasteiger partial charge in [0.25, 0.3) is 5.91 Å². The van der Waals surface area contributed by atoms with Crippen LogP contribution in [0.4, 0.5) is 10.5 Å². The highest BCUT2D eigenvalue weighted by atomic mass is 35.5. The van der Waals surface area contributed by atoms with E-state index in [0.717, 1.165) is 5.56 Å². The largest absolute Gasteiger partial charge is 0.516 e. The number of esters is 1. The molecule has 1 amide bonds. The van der Waals surface area contributed by atoms with Crippen molar-refractivity contribution in [2.75, 3.05) is 12.3 Å². The molecular weight excluding hydrogens is 472 g/mol. The summed E-state index contributed by atoms with van der Waals surface area (Å²) in [5.74, 6) is -0.853. The van der Waals surface area contributed by atoms with Crippen molar-refractivity contribution in [1.82, 2.24) is 5.32 Å². The normalized spacial score (nSPS) is 10.9. The number of benzene rings is 3. The number of carbonyl (C=O) groups is 3. The van der Waals surface area contributed by atoms with E-state index in [-0.39, 0.29) is 31.0 Å². The molecule has 35 heavy (non-hydrogen) atoms. The van der Waals surface area contributed by atoms with Crippen molar-refractivity contribution in [1.29, 1.82) is 0 Å². The van der Waals surface area contributed by atoms with Gasteiger partial charge in [-0.3, -0.25) is 9.59 Å². The Morgan fingerprint density at radius 1 is 0.943 bits per heavy atom. The highest BCUT2D eigenvalue weighted by molar-refractivity contribution is 5.96. The van der Waals surface area contributed by atoms with Crippen LogP contribution in [0.15, 0.2) is 78.9 Å². The molecule has 0 fully saturated rings. The fourth-order valence-electron chi connectivity index (χ4n) is 3.21. The average molecular weight is 499 g/mol. The number of hydrogen-bond acceptors (Lipinski definition) is 7. The molecule has 1 unspecified atom stereocenters. The number of anilines is 1. The van der Waals surface area contributed by atoms with E-state index >= 15 is 0 Å². The SMILES string of the molecule is CCOC(=O)OC(=O)CC(NC(=O)c1cc(N)cc(OCc2ccccc2)c1)c1ccccc1.Cl. The fourth-order valence-corrected chi connectivity index (χ4v) is 3.21. The van der Waals surface area contributed by atoms with Crippen molar-refractivity contribution < 1.29 is 28.6 Å². The van der Waals surface area contributed by atoms with E-state index in [1.165, 1.54) is 6.07 Å². The summed E-state index contributed by atoms with van der Waals surface area (Å²) >= 11 is 0. The van der Waals surface area contributed by atoms with Crippen molar-refractivity contribution in [2.45, 2.75) is 26.0 Å². The number of halogens is 1. The van der Waals surface area contributed by atoms with Gasteiger partial charge in [-0.05, 0) is 30.2 Å². The van der Waals surface area contributed by atoms with Crippen molar-refractivity contribution >= 4 is 36.1 Å². The first-order valence-electron chi connectivity index (χ1n) is 10.7. The first-order valence-corrected chi connectivity index (χ1v) is 10.7. The lowest BCUT2D eigenvalue weighted by atomic mass is 10.0. The van der Waals surface area contributed by atoms with E-state index < -0.39 is 24.1 Å². The van der Waals surface area contributed by atoms with Gasteiger partial charge in [0.1, 0.15) is 12.4 Å². The molecule has 1 atom stereocenters. The summed E-state index contributed by atoms with van der Waals surface area (Å²) in [7, 11) is 0. The fraction of sp³-hybridized carbons (Fsp3) is 0.192. The maximum absolute atomic E-state index is 13.0. The van der Waals surface area contributed by atoms with Gasteiger partial charge in [0, 0.05) is 17.3 Å². The molecule has 0 aromatic heterocycles. The summed E-state index contributed by atoms with van der Waals surface area (Å²) in [6, 6.07) is 22.5. The monoisotopic (exact) mass is 498 g/mol. The van der Waals surface area contributed by atoms with Gasteiger partial charge in [0.15, 0.2) is 0 Å². The number of ether oxygens (including phenoxy) is 3. The Bertz CT molecular complexity index is 1130. The third-order valence-corrected chi connectivity index (χ3v) is 4.78. The Morgan fingerprint density at radius 2 is 1.60 bits per heavy atom. The lowest BCUT2D eigenvalue weighted by Crippen LogP contribution is -2.31. The number of nitrogens with two attached hydrogens (primary N) is 1. The quantitative estimate of drug-likeness (QED) is 0.246. The summed E-state index contributed by atoms with van der Waals surface area (Å²) in [5, 5.41) is 2.81. The predicted octanol–water partition coefficient (Wildman–Crippen LogP) is 4.83. The number of rotatable bonds is 9. The Morgan fingerprint density at radius 3 is 2.26 bits per heavy atom.